The van der Waals surface area contributed by atoms with Crippen molar-refractivity contribution in [1.29, 1.82) is 0 Å². The third-order valence-electron chi connectivity index (χ3n) is 7.35. The maximum atomic E-state index is 13.7. The van der Waals surface area contributed by atoms with E-state index < -0.39 is 10.0 Å². The van der Waals surface area contributed by atoms with Crippen LogP contribution in [-0.4, -0.2) is 72.3 Å². The molecule has 4 heterocycles. The van der Waals surface area contributed by atoms with Crippen LogP contribution < -0.4 is 4.90 Å². The monoisotopic (exact) mass is 507 g/mol. The number of rotatable bonds is 6. The molecule has 182 valence electrons. The molecule has 1 atom stereocenters. The number of hydrogen-bond donors (Lipinski definition) is 0. The van der Waals surface area contributed by atoms with Gasteiger partial charge in [0.15, 0.2) is 0 Å². The first kappa shape index (κ1) is 22.8. The molecule has 2 aliphatic rings. The number of anilines is 1. The molecule has 0 bridgehead atoms. The number of hydrogen-bond acceptors (Lipinski definition) is 7. The van der Waals surface area contributed by atoms with Crippen molar-refractivity contribution in [3.05, 3.63) is 60.9 Å². The average Bonchev–Trinajstić information content (AvgIpc) is 3.55. The number of sulfonamides is 1. The van der Waals surface area contributed by atoms with Gasteiger partial charge in [-0.3, -0.25) is 9.88 Å². The molecule has 7 nitrogen and oxygen atoms in total. The van der Waals surface area contributed by atoms with Crippen LogP contribution in [0, 0.1) is 0 Å². The maximum Gasteiger partial charge on any atom is 0.245 e. The van der Waals surface area contributed by atoms with Gasteiger partial charge in [-0.1, -0.05) is 36.4 Å². The summed E-state index contributed by atoms with van der Waals surface area (Å²) in [4.78, 5) is 9.39. The Morgan fingerprint density at radius 3 is 2.54 bits per heavy atom. The molecule has 0 radical (unpaired) electrons. The van der Waals surface area contributed by atoms with Crippen LogP contribution in [0.5, 0.6) is 0 Å². The van der Waals surface area contributed by atoms with Gasteiger partial charge in [-0.2, -0.15) is 8.68 Å². The Morgan fingerprint density at radius 1 is 0.914 bits per heavy atom. The molecule has 9 heteroatoms. The molecule has 0 aliphatic carbocycles. The number of nitrogens with zero attached hydrogens (tertiary/aromatic N) is 5. The lowest BCUT2D eigenvalue weighted by atomic mass is 10.1. The van der Waals surface area contributed by atoms with Crippen LogP contribution in [0.15, 0.2) is 65.8 Å². The number of aromatic nitrogens is 2. The van der Waals surface area contributed by atoms with Crippen molar-refractivity contribution in [2.75, 3.05) is 44.2 Å². The van der Waals surface area contributed by atoms with E-state index in [4.69, 9.17) is 4.37 Å². The average molecular weight is 508 g/mol. The van der Waals surface area contributed by atoms with Gasteiger partial charge in [-0.05, 0) is 49.5 Å². The topological polar surface area (TPSA) is 69.6 Å². The molecule has 2 aromatic heterocycles. The molecular weight excluding hydrogens is 478 g/mol. The van der Waals surface area contributed by atoms with Crippen LogP contribution in [0.25, 0.3) is 20.9 Å². The summed E-state index contributed by atoms with van der Waals surface area (Å²) in [6.07, 6.45) is 5.92. The van der Waals surface area contributed by atoms with Crippen LogP contribution in [0.2, 0.25) is 0 Å². The summed E-state index contributed by atoms with van der Waals surface area (Å²) in [5.41, 5.74) is 0. The van der Waals surface area contributed by atoms with Crippen molar-refractivity contribution < 1.29 is 8.42 Å². The van der Waals surface area contributed by atoms with Crippen molar-refractivity contribution >= 4 is 48.2 Å². The molecule has 2 aliphatic heterocycles. The standard InChI is InChI=1S/C26H29N5O2S2/c32-35(33,25-19-27-18-20-6-1-2-8-22(20)25)31-12-5-7-21(31)11-13-29-14-16-30(17-15-29)26-23-9-3-4-10-24(23)34-28-26/h1-4,6,8-10,18-19,21H,5,7,11-17H2/t21-/m1/s1. The number of pyridine rings is 1. The highest BCUT2D eigenvalue weighted by Crippen LogP contribution is 2.32. The summed E-state index contributed by atoms with van der Waals surface area (Å²) >= 11 is 1.56. The lowest BCUT2D eigenvalue weighted by molar-refractivity contribution is 0.232. The maximum absolute atomic E-state index is 13.7. The zero-order valence-corrected chi connectivity index (χ0v) is 21.2. The van der Waals surface area contributed by atoms with Gasteiger partial charge in [-0.25, -0.2) is 8.42 Å². The second kappa shape index (κ2) is 9.46. The third-order valence-corrected chi connectivity index (χ3v) is 10.1. The van der Waals surface area contributed by atoms with Crippen molar-refractivity contribution in [3.63, 3.8) is 0 Å². The lowest BCUT2D eigenvalue weighted by Crippen LogP contribution is -2.48. The van der Waals surface area contributed by atoms with Gasteiger partial charge >= 0.3 is 0 Å². The van der Waals surface area contributed by atoms with Gasteiger partial charge in [0, 0.05) is 67.3 Å². The van der Waals surface area contributed by atoms with Crippen molar-refractivity contribution in [2.24, 2.45) is 0 Å². The highest BCUT2D eigenvalue weighted by atomic mass is 32.2. The Hall–Kier alpha value is -2.59. The normalized spacial score (nSPS) is 20.2. The molecule has 0 saturated carbocycles. The van der Waals surface area contributed by atoms with Crippen LogP contribution in [0.3, 0.4) is 0 Å². The molecule has 4 aromatic rings. The van der Waals surface area contributed by atoms with Crippen LogP contribution in [-0.2, 0) is 10.0 Å². The number of fused-ring (bicyclic) bond motifs is 2. The Balaban J connectivity index is 1.11. The summed E-state index contributed by atoms with van der Waals surface area (Å²) in [6.45, 7) is 5.33. The fourth-order valence-corrected chi connectivity index (χ4v) is 8.13. The second-order valence-corrected chi connectivity index (χ2v) is 12.1. The van der Waals surface area contributed by atoms with Crippen molar-refractivity contribution in [2.45, 2.75) is 30.2 Å². The quantitative estimate of drug-likeness (QED) is 0.389. The molecule has 2 fully saturated rings. The zero-order valence-electron chi connectivity index (χ0n) is 19.6. The Bertz CT molecular complexity index is 1440. The van der Waals surface area contributed by atoms with Crippen LogP contribution in [0.1, 0.15) is 19.3 Å². The fraction of sp³-hybridized carbons (Fsp3) is 0.385. The Labute approximate surface area is 210 Å². The molecule has 2 aromatic carbocycles. The van der Waals surface area contributed by atoms with Crippen molar-refractivity contribution in [3.8, 4) is 0 Å². The summed E-state index contributed by atoms with van der Waals surface area (Å²) < 4.78 is 35.0. The minimum absolute atomic E-state index is 0.0412. The molecule has 0 amide bonds. The van der Waals surface area contributed by atoms with E-state index in [0.29, 0.717) is 11.4 Å². The van der Waals surface area contributed by atoms with Gasteiger partial charge < -0.3 is 4.90 Å². The molecule has 35 heavy (non-hydrogen) atoms. The van der Waals surface area contributed by atoms with E-state index in [-0.39, 0.29) is 6.04 Å². The third kappa shape index (κ3) is 4.31. The summed E-state index contributed by atoms with van der Waals surface area (Å²) in [5.74, 6) is 1.10. The minimum Gasteiger partial charge on any atom is -0.353 e. The minimum atomic E-state index is -3.59. The zero-order chi connectivity index (χ0) is 23.8. The fourth-order valence-electron chi connectivity index (χ4n) is 5.45. The molecule has 0 unspecified atom stereocenters. The van der Waals surface area contributed by atoms with E-state index in [0.717, 1.165) is 68.6 Å². The first-order valence-corrected chi connectivity index (χ1v) is 14.5. The SMILES string of the molecule is O=S(=O)(c1cncc2ccccc12)N1CCC[C@@H]1CCN1CCN(c2nsc3ccccc23)CC1. The summed E-state index contributed by atoms with van der Waals surface area (Å²) in [5, 5.41) is 2.84. The van der Waals surface area contributed by atoms with E-state index in [9.17, 15) is 8.42 Å². The Morgan fingerprint density at radius 2 is 1.69 bits per heavy atom. The summed E-state index contributed by atoms with van der Waals surface area (Å²) in [6, 6.07) is 16.0. The first-order chi connectivity index (χ1) is 17.1. The van der Waals surface area contributed by atoms with Gasteiger partial charge in [0.05, 0.1) is 4.70 Å². The highest BCUT2D eigenvalue weighted by molar-refractivity contribution is 7.89. The van der Waals surface area contributed by atoms with Crippen molar-refractivity contribution in [1.82, 2.24) is 18.6 Å². The van der Waals surface area contributed by atoms with Crippen LogP contribution >= 0.6 is 11.5 Å². The lowest BCUT2D eigenvalue weighted by Gasteiger charge is -2.36. The molecule has 2 saturated heterocycles. The van der Waals surface area contributed by atoms with Gasteiger partial charge in [-0.15, -0.1) is 0 Å². The largest absolute Gasteiger partial charge is 0.353 e. The predicted octanol–water partition coefficient (Wildman–Crippen LogP) is 4.21. The van der Waals surface area contributed by atoms with E-state index in [1.807, 2.05) is 24.3 Å². The predicted molar refractivity (Wildman–Crippen MR) is 142 cm³/mol. The second-order valence-electron chi connectivity index (χ2n) is 9.39. The van der Waals surface area contributed by atoms with E-state index >= 15 is 0 Å². The molecule has 0 N–H and O–H groups in total. The summed E-state index contributed by atoms with van der Waals surface area (Å²) in [7, 11) is -3.59. The first-order valence-electron chi connectivity index (χ1n) is 12.3. The van der Waals surface area contributed by atoms with E-state index in [2.05, 4.69) is 39.0 Å². The van der Waals surface area contributed by atoms with E-state index in [1.54, 1.807) is 22.0 Å². The number of piperazine rings is 1. The Kier molecular flexibility index (Phi) is 6.18. The smallest absolute Gasteiger partial charge is 0.245 e. The van der Waals surface area contributed by atoms with Gasteiger partial charge in [0.2, 0.25) is 10.0 Å². The van der Waals surface area contributed by atoms with E-state index in [1.165, 1.54) is 16.3 Å². The van der Waals surface area contributed by atoms with Gasteiger partial charge in [0.25, 0.3) is 0 Å². The van der Waals surface area contributed by atoms with Crippen LogP contribution in [0.4, 0.5) is 5.82 Å². The van der Waals surface area contributed by atoms with Gasteiger partial charge in [0.1, 0.15) is 10.7 Å². The number of benzene rings is 2. The highest BCUT2D eigenvalue weighted by Gasteiger charge is 2.36. The molecule has 0 spiro atoms. The molecular formula is C26H29N5O2S2. The molecule has 6 rings (SSSR count).